The van der Waals surface area contributed by atoms with Crippen LogP contribution in [0, 0.1) is 12.7 Å². The number of nitrogens with two attached hydrogens (primary N) is 1. The van der Waals surface area contributed by atoms with Crippen molar-refractivity contribution < 1.29 is 14.3 Å². The van der Waals surface area contributed by atoms with Crippen molar-refractivity contribution in [2.24, 2.45) is 0 Å². The Morgan fingerprint density at radius 3 is 2.70 bits per heavy atom. The van der Waals surface area contributed by atoms with E-state index in [1.54, 1.807) is 11.8 Å². The van der Waals surface area contributed by atoms with Gasteiger partial charge in [0.15, 0.2) is 0 Å². The minimum atomic E-state index is -0.455. The summed E-state index contributed by atoms with van der Waals surface area (Å²) < 4.78 is 13.7. The summed E-state index contributed by atoms with van der Waals surface area (Å²) in [5.41, 5.74) is 6.68. The molecule has 1 aliphatic rings. The number of carbonyl (C=O) groups excluding carboxylic acids is 1. The lowest BCUT2D eigenvalue weighted by Gasteiger charge is -2.37. The largest absolute Gasteiger partial charge is 0.398 e. The van der Waals surface area contributed by atoms with E-state index in [9.17, 15) is 9.18 Å². The van der Waals surface area contributed by atoms with Gasteiger partial charge in [0.05, 0.1) is 0 Å². The standard InChI is InChI=1S/C15H21FN2O2/c1-10-13(16)8-11(9-14(10)17)15(20)18(6-3-7-19)12-4-2-5-12/h8-9,12,19H,2-7,17H2,1H3. The number of anilines is 1. The number of carbonyl (C=O) groups is 1. The first-order valence-electron chi connectivity index (χ1n) is 7.02. The van der Waals surface area contributed by atoms with Crippen molar-refractivity contribution in [3.63, 3.8) is 0 Å². The van der Waals surface area contributed by atoms with Gasteiger partial charge in [-0.25, -0.2) is 4.39 Å². The van der Waals surface area contributed by atoms with Gasteiger partial charge >= 0.3 is 0 Å². The summed E-state index contributed by atoms with van der Waals surface area (Å²) in [4.78, 5) is 14.3. The molecular formula is C15H21FN2O2. The van der Waals surface area contributed by atoms with Gasteiger partial charge in [0, 0.05) is 36.0 Å². The van der Waals surface area contributed by atoms with E-state index in [0.717, 1.165) is 19.3 Å². The van der Waals surface area contributed by atoms with E-state index >= 15 is 0 Å². The molecule has 0 saturated heterocycles. The summed E-state index contributed by atoms with van der Waals surface area (Å²) in [6, 6.07) is 2.99. The third kappa shape index (κ3) is 2.93. The molecule has 1 saturated carbocycles. The number of aliphatic hydroxyl groups excluding tert-OH is 1. The zero-order valence-corrected chi connectivity index (χ0v) is 11.7. The lowest BCUT2D eigenvalue weighted by Crippen LogP contribution is -2.45. The number of aliphatic hydroxyl groups is 1. The summed E-state index contributed by atoms with van der Waals surface area (Å²) in [7, 11) is 0. The topological polar surface area (TPSA) is 66.6 Å². The van der Waals surface area contributed by atoms with Gasteiger partial charge in [-0.15, -0.1) is 0 Å². The van der Waals surface area contributed by atoms with Crippen molar-refractivity contribution in [2.45, 2.75) is 38.6 Å². The minimum Gasteiger partial charge on any atom is -0.398 e. The summed E-state index contributed by atoms with van der Waals surface area (Å²) >= 11 is 0. The molecule has 1 aromatic carbocycles. The summed E-state index contributed by atoms with van der Waals surface area (Å²) in [5.74, 6) is -0.655. The van der Waals surface area contributed by atoms with E-state index in [0.29, 0.717) is 24.2 Å². The maximum Gasteiger partial charge on any atom is 0.254 e. The van der Waals surface area contributed by atoms with Crippen LogP contribution >= 0.6 is 0 Å². The number of rotatable bonds is 5. The van der Waals surface area contributed by atoms with Crippen LogP contribution in [-0.4, -0.2) is 35.1 Å². The first-order chi connectivity index (χ1) is 9.54. The van der Waals surface area contributed by atoms with E-state index in [4.69, 9.17) is 10.8 Å². The number of benzene rings is 1. The highest BCUT2D eigenvalue weighted by Crippen LogP contribution is 2.27. The Morgan fingerprint density at radius 2 is 2.20 bits per heavy atom. The van der Waals surface area contributed by atoms with Crippen molar-refractivity contribution in [1.29, 1.82) is 0 Å². The molecule has 0 atom stereocenters. The fourth-order valence-corrected chi connectivity index (χ4v) is 2.38. The Kier molecular flexibility index (Phi) is 4.60. The van der Waals surface area contributed by atoms with Gasteiger partial charge in [0.1, 0.15) is 5.82 Å². The highest BCUT2D eigenvalue weighted by Gasteiger charge is 2.29. The zero-order valence-electron chi connectivity index (χ0n) is 11.7. The monoisotopic (exact) mass is 280 g/mol. The average molecular weight is 280 g/mol. The van der Waals surface area contributed by atoms with E-state index in [1.807, 2.05) is 0 Å². The molecule has 4 nitrogen and oxygen atoms in total. The molecule has 0 bridgehead atoms. The highest BCUT2D eigenvalue weighted by atomic mass is 19.1. The second-order valence-corrected chi connectivity index (χ2v) is 5.33. The van der Waals surface area contributed by atoms with Gasteiger partial charge in [0.2, 0.25) is 0 Å². The van der Waals surface area contributed by atoms with Crippen LogP contribution in [0.3, 0.4) is 0 Å². The first kappa shape index (κ1) is 14.8. The van der Waals surface area contributed by atoms with E-state index in [1.165, 1.54) is 12.1 Å². The number of halogens is 1. The molecule has 0 aromatic heterocycles. The predicted octanol–water partition coefficient (Wildman–Crippen LogP) is 2.09. The van der Waals surface area contributed by atoms with Gasteiger partial charge in [-0.05, 0) is 44.7 Å². The molecule has 1 aromatic rings. The maximum absolute atomic E-state index is 13.7. The summed E-state index contributed by atoms with van der Waals surface area (Å²) in [5, 5.41) is 8.95. The highest BCUT2D eigenvalue weighted by molar-refractivity contribution is 5.95. The van der Waals surface area contributed by atoms with Crippen molar-refractivity contribution in [3.8, 4) is 0 Å². The van der Waals surface area contributed by atoms with Gasteiger partial charge in [0.25, 0.3) is 5.91 Å². The molecule has 1 amide bonds. The molecule has 3 N–H and O–H groups in total. The molecule has 0 unspecified atom stereocenters. The first-order valence-corrected chi connectivity index (χ1v) is 7.02. The lowest BCUT2D eigenvalue weighted by molar-refractivity contribution is 0.0562. The molecule has 0 heterocycles. The van der Waals surface area contributed by atoms with E-state index < -0.39 is 5.82 Å². The Morgan fingerprint density at radius 1 is 1.50 bits per heavy atom. The van der Waals surface area contributed by atoms with E-state index in [-0.39, 0.29) is 24.1 Å². The molecule has 1 fully saturated rings. The fourth-order valence-electron chi connectivity index (χ4n) is 2.38. The molecular weight excluding hydrogens is 259 g/mol. The Labute approximate surface area is 118 Å². The van der Waals surface area contributed by atoms with Crippen LogP contribution in [-0.2, 0) is 0 Å². The number of hydrogen-bond acceptors (Lipinski definition) is 3. The number of amides is 1. The third-order valence-corrected chi connectivity index (χ3v) is 3.96. The smallest absolute Gasteiger partial charge is 0.254 e. The molecule has 0 aliphatic heterocycles. The average Bonchev–Trinajstić information content (AvgIpc) is 2.37. The molecule has 5 heteroatoms. The maximum atomic E-state index is 13.7. The summed E-state index contributed by atoms with van der Waals surface area (Å²) in [6.45, 7) is 2.13. The molecule has 20 heavy (non-hydrogen) atoms. The Balaban J connectivity index is 2.22. The fraction of sp³-hybridized carbons (Fsp3) is 0.533. The summed E-state index contributed by atoms with van der Waals surface area (Å²) in [6.07, 6.45) is 3.59. The van der Waals surface area contributed by atoms with Crippen LogP contribution in [0.15, 0.2) is 12.1 Å². The van der Waals surface area contributed by atoms with Crippen LogP contribution < -0.4 is 5.73 Å². The lowest BCUT2D eigenvalue weighted by atomic mass is 9.90. The van der Waals surface area contributed by atoms with Gasteiger partial charge < -0.3 is 15.7 Å². The van der Waals surface area contributed by atoms with Crippen molar-refractivity contribution in [2.75, 3.05) is 18.9 Å². The number of nitrogen functional groups attached to an aromatic ring is 1. The third-order valence-electron chi connectivity index (χ3n) is 3.96. The quantitative estimate of drug-likeness (QED) is 0.812. The van der Waals surface area contributed by atoms with E-state index in [2.05, 4.69) is 0 Å². The Hall–Kier alpha value is -1.62. The van der Waals surface area contributed by atoms with Crippen molar-refractivity contribution in [3.05, 3.63) is 29.1 Å². The number of hydrogen-bond donors (Lipinski definition) is 2. The van der Waals surface area contributed by atoms with Gasteiger partial charge in [-0.2, -0.15) is 0 Å². The van der Waals surface area contributed by atoms with Crippen LogP contribution in [0.1, 0.15) is 41.6 Å². The zero-order chi connectivity index (χ0) is 14.7. The second kappa shape index (κ2) is 6.22. The van der Waals surface area contributed by atoms with Gasteiger partial charge in [-0.3, -0.25) is 4.79 Å². The normalized spacial score (nSPS) is 14.9. The molecule has 1 aliphatic carbocycles. The molecule has 110 valence electrons. The van der Waals surface area contributed by atoms with Crippen molar-refractivity contribution >= 4 is 11.6 Å². The van der Waals surface area contributed by atoms with Crippen LogP contribution in [0.25, 0.3) is 0 Å². The van der Waals surface area contributed by atoms with Crippen LogP contribution in [0.2, 0.25) is 0 Å². The van der Waals surface area contributed by atoms with Crippen LogP contribution in [0.5, 0.6) is 0 Å². The van der Waals surface area contributed by atoms with Crippen molar-refractivity contribution in [1.82, 2.24) is 4.90 Å². The molecule has 0 radical (unpaired) electrons. The molecule has 2 rings (SSSR count). The number of nitrogens with zero attached hydrogens (tertiary/aromatic N) is 1. The molecule has 0 spiro atoms. The van der Waals surface area contributed by atoms with Crippen LogP contribution in [0.4, 0.5) is 10.1 Å². The SMILES string of the molecule is Cc1c(N)cc(C(=O)N(CCCO)C2CCC2)cc1F. The minimum absolute atomic E-state index is 0.0426. The predicted molar refractivity (Wildman–Crippen MR) is 75.9 cm³/mol. The second-order valence-electron chi connectivity index (χ2n) is 5.33. The van der Waals surface area contributed by atoms with Gasteiger partial charge in [-0.1, -0.05) is 0 Å². The Bertz CT molecular complexity index is 478.